The van der Waals surface area contributed by atoms with Gasteiger partial charge in [-0.3, -0.25) is 0 Å². The molecule has 0 saturated carbocycles. The van der Waals surface area contributed by atoms with Gasteiger partial charge in [-0.2, -0.15) is 4.31 Å². The molecule has 4 nitrogen and oxygen atoms in total. The normalized spacial score (nSPS) is 18.0. The van der Waals surface area contributed by atoms with Crippen LogP contribution in [0.1, 0.15) is 31.4 Å². The summed E-state index contributed by atoms with van der Waals surface area (Å²) in [6, 6.07) is 5.40. The molecule has 1 aliphatic rings. The van der Waals surface area contributed by atoms with Crippen LogP contribution in [0, 0.1) is 19.8 Å². The molecule has 2 rings (SSSR count). The van der Waals surface area contributed by atoms with Gasteiger partial charge in [0.05, 0.1) is 4.90 Å². The van der Waals surface area contributed by atoms with E-state index in [0.29, 0.717) is 23.9 Å². The Bertz CT molecular complexity index is 603. The fraction of sp³-hybridized carbons (Fsp3) is 0.647. The van der Waals surface area contributed by atoms with E-state index in [-0.39, 0.29) is 0 Å². The minimum absolute atomic E-state index is 0.422. The third-order valence-corrected chi connectivity index (χ3v) is 6.36. The Labute approximate surface area is 135 Å². The Morgan fingerprint density at radius 3 is 2.23 bits per heavy atom. The highest BCUT2D eigenvalue weighted by Gasteiger charge is 2.28. The summed E-state index contributed by atoms with van der Waals surface area (Å²) in [5.74, 6) is 0.692. The molecule has 0 amide bonds. The summed E-state index contributed by atoms with van der Waals surface area (Å²) in [5.41, 5.74) is 2.15. The Morgan fingerprint density at radius 2 is 1.68 bits per heavy atom. The van der Waals surface area contributed by atoms with Gasteiger partial charge in [0.15, 0.2) is 0 Å². The topological polar surface area (TPSA) is 40.6 Å². The fourth-order valence-electron chi connectivity index (χ4n) is 2.66. The Morgan fingerprint density at radius 1 is 1.05 bits per heavy atom. The second-order valence-electron chi connectivity index (χ2n) is 6.67. The highest BCUT2D eigenvalue weighted by Crippen LogP contribution is 2.20. The first kappa shape index (κ1) is 17.4. The van der Waals surface area contributed by atoms with Crippen molar-refractivity contribution >= 4 is 10.0 Å². The molecule has 0 aliphatic carbocycles. The van der Waals surface area contributed by atoms with Gasteiger partial charge in [0.1, 0.15) is 0 Å². The van der Waals surface area contributed by atoms with Gasteiger partial charge in [-0.25, -0.2) is 8.42 Å². The fourth-order valence-corrected chi connectivity index (χ4v) is 4.17. The van der Waals surface area contributed by atoms with E-state index in [0.717, 1.165) is 30.8 Å². The van der Waals surface area contributed by atoms with E-state index in [1.54, 1.807) is 16.4 Å². The van der Waals surface area contributed by atoms with Crippen LogP contribution in [-0.2, 0) is 10.0 Å². The summed E-state index contributed by atoms with van der Waals surface area (Å²) in [5, 5.41) is 0. The van der Waals surface area contributed by atoms with Crippen molar-refractivity contribution in [2.75, 3.05) is 32.7 Å². The van der Waals surface area contributed by atoms with Crippen molar-refractivity contribution in [2.45, 2.75) is 39.0 Å². The standard InChI is InChI=1S/C17H28N2O2S/c1-14(2)7-8-18-9-11-19(12-10-18)22(20,21)17-6-5-15(3)16(4)13-17/h5-6,13-14H,7-12H2,1-4H3. The van der Waals surface area contributed by atoms with Crippen LogP contribution in [0.2, 0.25) is 0 Å². The van der Waals surface area contributed by atoms with Gasteiger partial charge < -0.3 is 4.90 Å². The molecular formula is C17H28N2O2S. The second-order valence-corrected chi connectivity index (χ2v) is 8.61. The van der Waals surface area contributed by atoms with Crippen molar-refractivity contribution in [3.8, 4) is 0 Å². The van der Waals surface area contributed by atoms with Crippen molar-refractivity contribution in [3.05, 3.63) is 29.3 Å². The van der Waals surface area contributed by atoms with E-state index in [4.69, 9.17) is 0 Å². The number of piperazine rings is 1. The third-order valence-electron chi connectivity index (χ3n) is 4.47. The predicted octanol–water partition coefficient (Wildman–Crippen LogP) is 2.66. The molecule has 22 heavy (non-hydrogen) atoms. The molecule has 5 heteroatoms. The first-order chi connectivity index (χ1) is 10.3. The highest BCUT2D eigenvalue weighted by atomic mass is 32.2. The molecule has 124 valence electrons. The second kappa shape index (κ2) is 7.11. The number of hydrogen-bond donors (Lipinski definition) is 0. The number of benzene rings is 1. The van der Waals surface area contributed by atoms with Gasteiger partial charge in [-0.15, -0.1) is 0 Å². The maximum atomic E-state index is 12.7. The van der Waals surface area contributed by atoms with Gasteiger partial charge in [-0.1, -0.05) is 19.9 Å². The van der Waals surface area contributed by atoms with Crippen LogP contribution in [0.25, 0.3) is 0 Å². The van der Waals surface area contributed by atoms with Gasteiger partial charge in [0.2, 0.25) is 10.0 Å². The third kappa shape index (κ3) is 4.09. The number of aryl methyl sites for hydroxylation is 2. The average Bonchev–Trinajstić information content (AvgIpc) is 2.48. The summed E-state index contributed by atoms with van der Waals surface area (Å²) in [6.07, 6.45) is 1.17. The molecule has 0 aromatic heterocycles. The Kier molecular flexibility index (Phi) is 5.64. The molecule has 1 fully saturated rings. The number of nitrogens with zero attached hydrogens (tertiary/aromatic N) is 2. The molecule has 1 aliphatic heterocycles. The molecule has 1 saturated heterocycles. The van der Waals surface area contributed by atoms with Gasteiger partial charge in [-0.05, 0) is 56.0 Å². The Hall–Kier alpha value is -0.910. The number of rotatable bonds is 5. The summed E-state index contributed by atoms with van der Waals surface area (Å²) in [6.45, 7) is 12.3. The maximum Gasteiger partial charge on any atom is 0.243 e. The van der Waals surface area contributed by atoms with Gasteiger partial charge in [0, 0.05) is 26.2 Å². The zero-order valence-corrected chi connectivity index (χ0v) is 15.0. The lowest BCUT2D eigenvalue weighted by atomic mass is 10.1. The number of sulfonamides is 1. The first-order valence-corrected chi connectivity index (χ1v) is 9.54. The first-order valence-electron chi connectivity index (χ1n) is 8.10. The predicted molar refractivity (Wildman–Crippen MR) is 90.6 cm³/mol. The molecule has 1 aromatic rings. The van der Waals surface area contributed by atoms with Crippen molar-refractivity contribution in [1.29, 1.82) is 0 Å². The summed E-state index contributed by atoms with van der Waals surface area (Å²) in [4.78, 5) is 2.79. The average molecular weight is 324 g/mol. The van der Waals surface area contributed by atoms with E-state index in [9.17, 15) is 8.42 Å². The zero-order valence-electron chi connectivity index (χ0n) is 14.2. The maximum absolute atomic E-state index is 12.7. The van der Waals surface area contributed by atoms with Crippen LogP contribution in [0.3, 0.4) is 0 Å². The highest BCUT2D eigenvalue weighted by molar-refractivity contribution is 7.89. The molecule has 0 unspecified atom stereocenters. The quantitative estimate of drug-likeness (QED) is 0.836. The van der Waals surface area contributed by atoms with E-state index >= 15 is 0 Å². The van der Waals surface area contributed by atoms with Crippen LogP contribution < -0.4 is 0 Å². The monoisotopic (exact) mass is 324 g/mol. The van der Waals surface area contributed by atoms with Crippen molar-refractivity contribution in [1.82, 2.24) is 9.21 Å². The lowest BCUT2D eigenvalue weighted by molar-refractivity contribution is 0.180. The van der Waals surface area contributed by atoms with Crippen molar-refractivity contribution < 1.29 is 8.42 Å². The van der Waals surface area contributed by atoms with E-state index in [1.165, 1.54) is 6.42 Å². The van der Waals surface area contributed by atoms with Gasteiger partial charge >= 0.3 is 0 Å². The minimum atomic E-state index is -3.35. The summed E-state index contributed by atoms with van der Waals surface area (Å²) in [7, 11) is -3.35. The molecule has 1 heterocycles. The molecule has 0 radical (unpaired) electrons. The zero-order chi connectivity index (χ0) is 16.3. The van der Waals surface area contributed by atoms with Crippen LogP contribution in [0.4, 0.5) is 0 Å². The van der Waals surface area contributed by atoms with E-state index in [1.807, 2.05) is 19.9 Å². The van der Waals surface area contributed by atoms with Gasteiger partial charge in [0.25, 0.3) is 0 Å². The Balaban J connectivity index is 2.01. The molecule has 1 aromatic carbocycles. The SMILES string of the molecule is Cc1ccc(S(=O)(=O)N2CCN(CCC(C)C)CC2)cc1C. The van der Waals surface area contributed by atoms with Crippen LogP contribution in [0.15, 0.2) is 23.1 Å². The van der Waals surface area contributed by atoms with Crippen LogP contribution in [-0.4, -0.2) is 50.3 Å². The van der Waals surface area contributed by atoms with Crippen LogP contribution in [0.5, 0.6) is 0 Å². The number of hydrogen-bond acceptors (Lipinski definition) is 3. The molecule has 0 N–H and O–H groups in total. The summed E-state index contributed by atoms with van der Waals surface area (Å²) >= 11 is 0. The van der Waals surface area contributed by atoms with Crippen molar-refractivity contribution in [2.24, 2.45) is 5.92 Å². The van der Waals surface area contributed by atoms with Crippen molar-refractivity contribution in [3.63, 3.8) is 0 Å². The smallest absolute Gasteiger partial charge is 0.243 e. The van der Waals surface area contributed by atoms with E-state index in [2.05, 4.69) is 18.7 Å². The molecule has 0 spiro atoms. The summed E-state index contributed by atoms with van der Waals surface area (Å²) < 4.78 is 27.1. The molecule has 0 bridgehead atoms. The van der Waals surface area contributed by atoms with E-state index < -0.39 is 10.0 Å². The molecular weight excluding hydrogens is 296 g/mol. The van der Waals surface area contributed by atoms with Crippen LogP contribution >= 0.6 is 0 Å². The largest absolute Gasteiger partial charge is 0.301 e. The lowest BCUT2D eigenvalue weighted by Gasteiger charge is -2.34. The minimum Gasteiger partial charge on any atom is -0.301 e. The molecule has 0 atom stereocenters. The lowest BCUT2D eigenvalue weighted by Crippen LogP contribution is -2.48.